The highest BCUT2D eigenvalue weighted by molar-refractivity contribution is 5.95. The number of rotatable bonds is 14. The van der Waals surface area contributed by atoms with Crippen LogP contribution in [0.5, 0.6) is 0 Å². The molecule has 0 saturated carbocycles. The second-order valence-electron chi connectivity index (χ2n) is 8.32. The molecule has 0 aliphatic heterocycles. The fourth-order valence-corrected chi connectivity index (χ4v) is 3.35. The summed E-state index contributed by atoms with van der Waals surface area (Å²) in [5.41, 5.74) is 20.0. The third-order valence-electron chi connectivity index (χ3n) is 5.48. The molecule has 0 aliphatic carbocycles. The molecule has 2 rings (SSSR count). The van der Waals surface area contributed by atoms with Crippen molar-refractivity contribution in [3.63, 3.8) is 0 Å². The molecule has 8 N–H and O–H groups in total. The maximum absolute atomic E-state index is 12.2. The van der Waals surface area contributed by atoms with E-state index in [1.54, 1.807) is 23.1 Å². The molecular formula is C28H41N7O3. The number of aryl methyl sites for hydroxylation is 1. The van der Waals surface area contributed by atoms with Crippen molar-refractivity contribution in [1.82, 2.24) is 15.2 Å². The minimum atomic E-state index is -0.916. The van der Waals surface area contributed by atoms with Gasteiger partial charge < -0.3 is 32.7 Å². The van der Waals surface area contributed by atoms with E-state index in [9.17, 15) is 14.4 Å². The monoisotopic (exact) mass is 523 g/mol. The summed E-state index contributed by atoms with van der Waals surface area (Å²) in [6.07, 6.45) is 6.04. The molecule has 1 atom stereocenters. The van der Waals surface area contributed by atoms with E-state index < -0.39 is 17.9 Å². The number of benzene rings is 1. The van der Waals surface area contributed by atoms with E-state index in [1.807, 2.05) is 6.07 Å². The van der Waals surface area contributed by atoms with Gasteiger partial charge in [-0.05, 0) is 30.5 Å². The van der Waals surface area contributed by atoms with Crippen molar-refractivity contribution < 1.29 is 14.4 Å². The number of anilines is 1. The van der Waals surface area contributed by atoms with Crippen LogP contribution >= 0.6 is 0 Å². The van der Waals surface area contributed by atoms with E-state index in [4.69, 9.17) is 17.2 Å². The molecule has 0 saturated heterocycles. The Hall–Kier alpha value is -3.86. The number of aromatic nitrogens is 1. The molecule has 1 heterocycles. The molecule has 0 fully saturated rings. The lowest BCUT2D eigenvalue weighted by Gasteiger charge is -2.22. The minimum Gasteiger partial charge on any atom is -0.346 e. The molecular weight excluding hydrogens is 482 g/mol. The Bertz CT molecular complexity index is 1040. The molecule has 0 radical (unpaired) electrons. The summed E-state index contributed by atoms with van der Waals surface area (Å²) in [6, 6.07) is 11.2. The zero-order valence-electron chi connectivity index (χ0n) is 22.2. The van der Waals surface area contributed by atoms with Crippen LogP contribution in [-0.4, -0.2) is 66.4 Å². The van der Waals surface area contributed by atoms with Crippen LogP contribution in [0.1, 0.15) is 36.6 Å². The zero-order valence-corrected chi connectivity index (χ0v) is 22.2. The van der Waals surface area contributed by atoms with Crippen LogP contribution in [0.4, 0.5) is 5.69 Å². The van der Waals surface area contributed by atoms with E-state index in [1.165, 1.54) is 11.8 Å². The third-order valence-corrected chi connectivity index (χ3v) is 5.48. The number of nitrogens with one attached hydrogen (secondary N) is 2. The Labute approximate surface area is 225 Å². The molecule has 0 bridgehead atoms. The van der Waals surface area contributed by atoms with Crippen molar-refractivity contribution in [3.8, 4) is 0 Å². The van der Waals surface area contributed by atoms with Gasteiger partial charge in [0.25, 0.3) is 0 Å². The third kappa shape index (κ3) is 11.9. The van der Waals surface area contributed by atoms with Crippen molar-refractivity contribution in [3.05, 3.63) is 72.6 Å². The van der Waals surface area contributed by atoms with Crippen molar-refractivity contribution in [1.29, 1.82) is 0 Å². The van der Waals surface area contributed by atoms with E-state index in [0.29, 0.717) is 37.6 Å². The summed E-state index contributed by atoms with van der Waals surface area (Å²) in [7, 11) is 0. The molecule has 0 aliphatic rings. The average molecular weight is 524 g/mol. The maximum atomic E-state index is 12.2. The fourth-order valence-electron chi connectivity index (χ4n) is 3.35. The Morgan fingerprint density at radius 3 is 2.26 bits per heavy atom. The Morgan fingerprint density at radius 1 is 1.08 bits per heavy atom. The molecule has 10 heteroatoms. The zero-order chi connectivity index (χ0) is 28.3. The van der Waals surface area contributed by atoms with Gasteiger partial charge in [0.15, 0.2) is 0 Å². The molecule has 206 valence electrons. The lowest BCUT2D eigenvalue weighted by Crippen LogP contribution is -2.45. The second-order valence-corrected chi connectivity index (χ2v) is 8.32. The van der Waals surface area contributed by atoms with Gasteiger partial charge in [-0.25, -0.2) is 0 Å². The van der Waals surface area contributed by atoms with E-state index in [0.717, 1.165) is 12.0 Å². The summed E-state index contributed by atoms with van der Waals surface area (Å²) >= 11 is 0. The Morgan fingerprint density at radius 2 is 1.74 bits per heavy atom. The number of carbonyl (C=O) groups excluding carboxylic acids is 3. The summed E-state index contributed by atoms with van der Waals surface area (Å²) in [5, 5.41) is 5.09. The molecule has 1 aromatic carbocycles. The van der Waals surface area contributed by atoms with Gasteiger partial charge in [0, 0.05) is 38.2 Å². The van der Waals surface area contributed by atoms with Gasteiger partial charge in [-0.15, -0.1) is 0 Å². The highest BCUT2D eigenvalue weighted by Gasteiger charge is 2.18. The van der Waals surface area contributed by atoms with E-state index >= 15 is 0 Å². The van der Waals surface area contributed by atoms with E-state index in [-0.39, 0.29) is 25.3 Å². The fraction of sp³-hybridized carbons (Fsp3) is 0.357. The molecule has 0 spiro atoms. The lowest BCUT2D eigenvalue weighted by atomic mass is 10.1. The first-order valence-corrected chi connectivity index (χ1v) is 12.6. The quantitative estimate of drug-likeness (QED) is 0.250. The van der Waals surface area contributed by atoms with Gasteiger partial charge in [-0.1, -0.05) is 56.5 Å². The largest absolute Gasteiger partial charge is 0.346 e. The molecule has 2 aromatic rings. The van der Waals surface area contributed by atoms with Crippen molar-refractivity contribution in [2.24, 2.45) is 17.2 Å². The molecule has 10 nitrogen and oxygen atoms in total. The topological polar surface area (TPSA) is 169 Å². The summed E-state index contributed by atoms with van der Waals surface area (Å²) in [5.74, 6) is -1.12. The van der Waals surface area contributed by atoms with Gasteiger partial charge in [-0.2, -0.15) is 0 Å². The summed E-state index contributed by atoms with van der Waals surface area (Å²) in [4.78, 5) is 42.0. The summed E-state index contributed by atoms with van der Waals surface area (Å²) in [6.45, 7) is 10.7. The number of pyridine rings is 1. The first kappa shape index (κ1) is 32.2. The highest BCUT2D eigenvalue weighted by atomic mass is 16.2. The van der Waals surface area contributed by atoms with Gasteiger partial charge >= 0.3 is 0 Å². The molecule has 3 amide bonds. The second kappa shape index (κ2) is 18.4. The first-order valence-electron chi connectivity index (χ1n) is 12.6. The van der Waals surface area contributed by atoms with Crippen LogP contribution in [0, 0.1) is 0 Å². The maximum Gasteiger partial charge on any atom is 0.243 e. The Kier molecular flexibility index (Phi) is 15.6. The number of hydrogen-bond donors (Lipinski definition) is 5. The highest BCUT2D eigenvalue weighted by Crippen LogP contribution is 2.15. The van der Waals surface area contributed by atoms with Crippen LogP contribution in [0.2, 0.25) is 0 Å². The normalized spacial score (nSPS) is 10.8. The van der Waals surface area contributed by atoms with Gasteiger partial charge in [0.2, 0.25) is 17.7 Å². The van der Waals surface area contributed by atoms with Crippen LogP contribution < -0.4 is 27.8 Å². The van der Waals surface area contributed by atoms with Crippen molar-refractivity contribution >= 4 is 35.6 Å². The average Bonchev–Trinajstić information content (AvgIpc) is 2.94. The van der Waals surface area contributed by atoms with Crippen molar-refractivity contribution in [2.45, 2.75) is 32.2 Å². The summed E-state index contributed by atoms with van der Waals surface area (Å²) < 4.78 is 0. The van der Waals surface area contributed by atoms with Crippen LogP contribution in [0.15, 0.2) is 55.8 Å². The predicted molar refractivity (Wildman–Crippen MR) is 154 cm³/mol. The smallest absolute Gasteiger partial charge is 0.243 e. The number of carbonyl (C=O) groups is 3. The predicted octanol–water partition coefficient (Wildman–Crippen LogP) is 1.52. The molecule has 1 unspecified atom stereocenters. The van der Waals surface area contributed by atoms with Crippen molar-refractivity contribution in [2.75, 3.05) is 38.0 Å². The minimum absolute atomic E-state index is 0.0897. The van der Waals surface area contributed by atoms with E-state index in [2.05, 4.69) is 60.0 Å². The van der Waals surface area contributed by atoms with Crippen LogP contribution in [-0.2, 0) is 20.8 Å². The van der Waals surface area contributed by atoms with Gasteiger partial charge in [-0.3, -0.25) is 19.4 Å². The first-order chi connectivity index (χ1) is 18.3. The number of nitrogens with two attached hydrogens (primary N) is 3. The number of amides is 3. The van der Waals surface area contributed by atoms with Crippen LogP contribution in [0.3, 0.4) is 0 Å². The standard InChI is InChI=1S/C20H31N7O3.C8H10/c1-3-14-11-15(12-24-17(14)4-2)26-18(28)13-25-20(30)16(23)5-6-19(29)27(9-7-21)10-8-22;1-2-8-6-4-3-5-7-8/h3-4,11-12,16H,1-2,5-10,13,21-23H2,(H,25,30)(H,26,28);3-7H,2H2,1H3. The molecule has 38 heavy (non-hydrogen) atoms. The number of nitrogens with zero attached hydrogens (tertiary/aromatic N) is 2. The Balaban J connectivity index is 0.000000763. The van der Waals surface area contributed by atoms with Gasteiger partial charge in [0.1, 0.15) is 0 Å². The SMILES string of the molecule is C=Cc1cc(NC(=O)CNC(=O)C(N)CCC(=O)N(CCN)CCN)cnc1C=C.CCc1ccccc1. The lowest BCUT2D eigenvalue weighted by molar-refractivity contribution is -0.131. The molecule has 1 aromatic heterocycles. The number of hydrogen-bond acceptors (Lipinski definition) is 7. The van der Waals surface area contributed by atoms with Crippen LogP contribution in [0.25, 0.3) is 12.2 Å². The van der Waals surface area contributed by atoms with Gasteiger partial charge in [0.05, 0.1) is 30.2 Å².